The first-order valence-electron chi connectivity index (χ1n) is 8.09. The lowest BCUT2D eigenvalue weighted by molar-refractivity contribution is 0.0648. The molecule has 1 unspecified atom stereocenters. The molecule has 0 amide bonds. The molecule has 2 heteroatoms. The second-order valence-corrected chi connectivity index (χ2v) is 6.80. The number of hydrogen-bond acceptors (Lipinski definition) is 2. The van der Waals surface area contributed by atoms with Gasteiger partial charge in [0.05, 0.1) is 12.7 Å². The molecule has 1 aromatic rings. The fourth-order valence-electron chi connectivity index (χ4n) is 3.85. The van der Waals surface area contributed by atoms with Gasteiger partial charge in [0.15, 0.2) is 0 Å². The van der Waals surface area contributed by atoms with E-state index in [4.69, 9.17) is 4.74 Å². The fraction of sp³-hybridized carbons (Fsp3) is 0.667. The number of aliphatic hydroxyl groups is 1. The number of aliphatic hydroxyl groups excluding tert-OH is 1. The molecule has 1 N–H and O–H groups in total. The van der Waals surface area contributed by atoms with Gasteiger partial charge in [0.25, 0.3) is 0 Å². The molecule has 1 atom stereocenters. The van der Waals surface area contributed by atoms with Crippen LogP contribution in [0.25, 0.3) is 0 Å². The molecular formula is C18H26O2. The van der Waals surface area contributed by atoms with E-state index in [1.165, 1.54) is 18.4 Å². The molecule has 1 aliphatic heterocycles. The van der Waals surface area contributed by atoms with Gasteiger partial charge in [0.1, 0.15) is 5.75 Å². The maximum absolute atomic E-state index is 10.8. The van der Waals surface area contributed by atoms with Crippen molar-refractivity contribution in [2.75, 3.05) is 6.61 Å². The van der Waals surface area contributed by atoms with Gasteiger partial charge in [0, 0.05) is 12.0 Å². The number of fused-ring (bicyclic) bond motifs is 1. The van der Waals surface area contributed by atoms with E-state index < -0.39 is 0 Å². The van der Waals surface area contributed by atoms with Gasteiger partial charge in [-0.15, -0.1) is 0 Å². The standard InChI is InChI=1S/C18H26O2/c1-12(2)13-6-8-14(9-7-13)17(19)16-5-3-4-15-10-11-20-18(15)16/h3-5,12-14,17,19H,6-11H2,1-2H3. The van der Waals surface area contributed by atoms with Crippen LogP contribution in [0.5, 0.6) is 5.75 Å². The highest BCUT2D eigenvalue weighted by Gasteiger charge is 2.31. The Morgan fingerprint density at radius 3 is 2.50 bits per heavy atom. The van der Waals surface area contributed by atoms with Crippen LogP contribution < -0.4 is 4.74 Å². The number of rotatable bonds is 3. The van der Waals surface area contributed by atoms with Crippen LogP contribution in [0.4, 0.5) is 0 Å². The third kappa shape index (κ3) is 2.58. The maximum atomic E-state index is 10.8. The molecule has 3 rings (SSSR count). The summed E-state index contributed by atoms with van der Waals surface area (Å²) in [7, 11) is 0. The monoisotopic (exact) mass is 274 g/mol. The Morgan fingerprint density at radius 2 is 1.80 bits per heavy atom. The molecule has 1 heterocycles. The zero-order valence-corrected chi connectivity index (χ0v) is 12.6. The summed E-state index contributed by atoms with van der Waals surface area (Å²) in [5, 5.41) is 10.8. The normalized spacial score (nSPS) is 27.2. The van der Waals surface area contributed by atoms with E-state index in [9.17, 15) is 5.11 Å². The molecule has 1 aromatic carbocycles. The largest absolute Gasteiger partial charge is 0.493 e. The van der Waals surface area contributed by atoms with Gasteiger partial charge < -0.3 is 9.84 Å². The number of ether oxygens (including phenoxy) is 1. The Bertz CT molecular complexity index is 458. The minimum atomic E-state index is -0.351. The van der Waals surface area contributed by atoms with Gasteiger partial charge in [-0.05, 0) is 49.0 Å². The first kappa shape index (κ1) is 13.9. The minimum absolute atomic E-state index is 0.351. The average molecular weight is 274 g/mol. The second kappa shape index (κ2) is 5.77. The molecule has 1 aliphatic carbocycles. The first-order valence-corrected chi connectivity index (χ1v) is 8.09. The summed E-state index contributed by atoms with van der Waals surface area (Å²) in [6, 6.07) is 6.23. The van der Waals surface area contributed by atoms with Crippen LogP contribution in [0.1, 0.15) is 56.8 Å². The van der Waals surface area contributed by atoms with E-state index >= 15 is 0 Å². The summed E-state index contributed by atoms with van der Waals surface area (Å²) >= 11 is 0. The number of benzene rings is 1. The minimum Gasteiger partial charge on any atom is -0.493 e. The van der Waals surface area contributed by atoms with Crippen molar-refractivity contribution < 1.29 is 9.84 Å². The quantitative estimate of drug-likeness (QED) is 0.898. The molecule has 2 nitrogen and oxygen atoms in total. The van der Waals surface area contributed by atoms with E-state index in [0.29, 0.717) is 5.92 Å². The molecule has 0 saturated heterocycles. The number of para-hydroxylation sites is 1. The van der Waals surface area contributed by atoms with Crippen LogP contribution in [0.15, 0.2) is 18.2 Å². The van der Waals surface area contributed by atoms with Crippen molar-refractivity contribution >= 4 is 0 Å². The van der Waals surface area contributed by atoms with Crippen molar-refractivity contribution in [3.63, 3.8) is 0 Å². The van der Waals surface area contributed by atoms with E-state index in [0.717, 1.165) is 49.0 Å². The van der Waals surface area contributed by atoms with Crippen LogP contribution in [-0.2, 0) is 6.42 Å². The predicted molar refractivity (Wildman–Crippen MR) is 80.9 cm³/mol. The molecule has 110 valence electrons. The van der Waals surface area contributed by atoms with Gasteiger partial charge in [-0.25, -0.2) is 0 Å². The van der Waals surface area contributed by atoms with Crippen LogP contribution in [0.2, 0.25) is 0 Å². The van der Waals surface area contributed by atoms with Gasteiger partial charge in [-0.3, -0.25) is 0 Å². The van der Waals surface area contributed by atoms with E-state index in [1.54, 1.807) is 0 Å². The summed E-state index contributed by atoms with van der Waals surface area (Å²) in [5.74, 6) is 2.99. The van der Waals surface area contributed by atoms with E-state index in [2.05, 4.69) is 26.0 Å². The summed E-state index contributed by atoms with van der Waals surface area (Å²) in [6.07, 6.45) is 5.44. The Labute approximate surface area is 122 Å². The lowest BCUT2D eigenvalue weighted by Gasteiger charge is -2.33. The van der Waals surface area contributed by atoms with Crippen molar-refractivity contribution in [1.82, 2.24) is 0 Å². The average Bonchev–Trinajstić information content (AvgIpc) is 2.95. The summed E-state index contributed by atoms with van der Waals surface area (Å²) in [4.78, 5) is 0. The Balaban J connectivity index is 1.71. The molecule has 20 heavy (non-hydrogen) atoms. The molecule has 2 aliphatic rings. The molecule has 0 bridgehead atoms. The molecule has 1 saturated carbocycles. The van der Waals surface area contributed by atoms with E-state index in [1.807, 2.05) is 6.07 Å². The van der Waals surface area contributed by atoms with Crippen molar-refractivity contribution in [1.29, 1.82) is 0 Å². The summed E-state index contributed by atoms with van der Waals surface area (Å²) < 4.78 is 5.74. The van der Waals surface area contributed by atoms with Gasteiger partial charge in [-0.1, -0.05) is 32.0 Å². The summed E-state index contributed by atoms with van der Waals surface area (Å²) in [6.45, 7) is 5.40. The van der Waals surface area contributed by atoms with Gasteiger partial charge in [0.2, 0.25) is 0 Å². The number of hydrogen-bond donors (Lipinski definition) is 1. The lowest BCUT2D eigenvalue weighted by Crippen LogP contribution is -2.23. The van der Waals surface area contributed by atoms with Crippen molar-refractivity contribution in [2.24, 2.45) is 17.8 Å². The highest BCUT2D eigenvalue weighted by molar-refractivity contribution is 5.45. The highest BCUT2D eigenvalue weighted by Crippen LogP contribution is 2.43. The highest BCUT2D eigenvalue weighted by atomic mass is 16.5. The Morgan fingerprint density at radius 1 is 1.10 bits per heavy atom. The fourth-order valence-corrected chi connectivity index (χ4v) is 3.85. The van der Waals surface area contributed by atoms with Crippen molar-refractivity contribution in [2.45, 2.75) is 52.1 Å². The Kier molecular flexibility index (Phi) is 4.02. The topological polar surface area (TPSA) is 29.5 Å². The van der Waals surface area contributed by atoms with Crippen molar-refractivity contribution in [3.05, 3.63) is 29.3 Å². The van der Waals surface area contributed by atoms with Crippen LogP contribution in [0.3, 0.4) is 0 Å². The summed E-state index contributed by atoms with van der Waals surface area (Å²) in [5.41, 5.74) is 2.28. The molecule has 0 radical (unpaired) electrons. The zero-order valence-electron chi connectivity index (χ0n) is 12.6. The second-order valence-electron chi connectivity index (χ2n) is 6.80. The van der Waals surface area contributed by atoms with Crippen LogP contribution in [0, 0.1) is 17.8 Å². The lowest BCUT2D eigenvalue weighted by atomic mass is 9.74. The van der Waals surface area contributed by atoms with Crippen LogP contribution >= 0.6 is 0 Å². The van der Waals surface area contributed by atoms with Gasteiger partial charge in [-0.2, -0.15) is 0 Å². The molecular weight excluding hydrogens is 248 g/mol. The van der Waals surface area contributed by atoms with Gasteiger partial charge >= 0.3 is 0 Å². The zero-order chi connectivity index (χ0) is 14.1. The van der Waals surface area contributed by atoms with E-state index in [-0.39, 0.29) is 6.10 Å². The van der Waals surface area contributed by atoms with Crippen LogP contribution in [-0.4, -0.2) is 11.7 Å². The first-order chi connectivity index (χ1) is 9.66. The maximum Gasteiger partial charge on any atom is 0.128 e. The molecule has 0 aromatic heterocycles. The third-order valence-corrected chi connectivity index (χ3v) is 5.27. The smallest absolute Gasteiger partial charge is 0.128 e. The SMILES string of the molecule is CC(C)C1CCC(C(O)c2cccc3c2OCC3)CC1. The third-order valence-electron chi connectivity index (χ3n) is 5.27. The predicted octanol–water partition coefficient (Wildman–Crippen LogP) is 4.12. The molecule has 1 fully saturated rings. The van der Waals surface area contributed by atoms with Crippen molar-refractivity contribution in [3.8, 4) is 5.75 Å². The molecule has 0 spiro atoms. The Hall–Kier alpha value is -1.02.